The van der Waals surface area contributed by atoms with E-state index in [1.807, 2.05) is 11.8 Å². The Morgan fingerprint density at radius 3 is 2.62 bits per heavy atom. The lowest BCUT2D eigenvalue weighted by atomic mass is 9.99. The minimum Gasteiger partial charge on any atom is -0.353 e. The van der Waals surface area contributed by atoms with Gasteiger partial charge in [0.1, 0.15) is 0 Å². The van der Waals surface area contributed by atoms with E-state index in [2.05, 4.69) is 5.32 Å². The summed E-state index contributed by atoms with van der Waals surface area (Å²) < 4.78 is 0. The van der Waals surface area contributed by atoms with Crippen molar-refractivity contribution in [3.63, 3.8) is 0 Å². The zero-order chi connectivity index (χ0) is 11.4. The Kier molecular flexibility index (Phi) is 4.53. The summed E-state index contributed by atoms with van der Waals surface area (Å²) in [7, 11) is 0. The van der Waals surface area contributed by atoms with Gasteiger partial charge < -0.3 is 11.1 Å². The number of hydrogen-bond acceptors (Lipinski definition) is 3. The van der Waals surface area contributed by atoms with Crippen LogP contribution in [0.5, 0.6) is 0 Å². The highest BCUT2D eigenvalue weighted by Gasteiger charge is 2.26. The quantitative estimate of drug-likeness (QED) is 0.789. The van der Waals surface area contributed by atoms with E-state index in [9.17, 15) is 4.79 Å². The molecule has 0 spiro atoms. The van der Waals surface area contributed by atoms with Crippen LogP contribution in [0.4, 0.5) is 0 Å². The molecule has 2 rings (SSSR count). The molecule has 0 radical (unpaired) electrons. The molecule has 0 bridgehead atoms. The van der Waals surface area contributed by atoms with Crippen molar-refractivity contribution in [1.29, 1.82) is 0 Å². The molecule has 16 heavy (non-hydrogen) atoms. The van der Waals surface area contributed by atoms with Crippen LogP contribution in [0, 0.1) is 5.92 Å². The average molecular weight is 242 g/mol. The lowest BCUT2D eigenvalue weighted by molar-refractivity contribution is -0.122. The summed E-state index contributed by atoms with van der Waals surface area (Å²) in [5.41, 5.74) is 5.98. The van der Waals surface area contributed by atoms with Gasteiger partial charge in [-0.1, -0.05) is 6.42 Å². The summed E-state index contributed by atoms with van der Waals surface area (Å²) in [6, 6.07) is 0.680. The van der Waals surface area contributed by atoms with Crippen molar-refractivity contribution in [2.75, 3.05) is 11.5 Å². The van der Waals surface area contributed by atoms with Gasteiger partial charge in [-0.05, 0) is 43.1 Å². The number of carbonyl (C=O) groups is 1. The van der Waals surface area contributed by atoms with Gasteiger partial charge in [-0.3, -0.25) is 4.79 Å². The molecule has 4 heteroatoms. The standard InChI is InChI=1S/C12H22N2OS/c13-11-3-1-2-9(11)8-12(15)14-10-4-6-16-7-5-10/h9-11H,1-8,13H2,(H,14,15)/t9-,11+/m0/s1. The molecule has 3 N–H and O–H groups in total. The van der Waals surface area contributed by atoms with Gasteiger partial charge in [-0.25, -0.2) is 0 Å². The molecular weight excluding hydrogens is 220 g/mol. The Morgan fingerprint density at radius 1 is 1.25 bits per heavy atom. The second kappa shape index (κ2) is 5.92. The van der Waals surface area contributed by atoms with Crippen molar-refractivity contribution in [2.24, 2.45) is 11.7 Å². The van der Waals surface area contributed by atoms with E-state index in [4.69, 9.17) is 5.73 Å². The highest BCUT2D eigenvalue weighted by atomic mass is 32.2. The molecule has 2 aliphatic rings. The Hall–Kier alpha value is -0.220. The molecule has 1 aliphatic carbocycles. The van der Waals surface area contributed by atoms with E-state index in [-0.39, 0.29) is 11.9 Å². The first-order chi connectivity index (χ1) is 7.75. The maximum atomic E-state index is 11.8. The number of carbonyl (C=O) groups excluding carboxylic acids is 1. The highest BCUT2D eigenvalue weighted by Crippen LogP contribution is 2.27. The van der Waals surface area contributed by atoms with Crippen LogP contribution in [0.15, 0.2) is 0 Å². The summed E-state index contributed by atoms with van der Waals surface area (Å²) >= 11 is 1.99. The number of rotatable bonds is 3. The van der Waals surface area contributed by atoms with Gasteiger partial charge >= 0.3 is 0 Å². The van der Waals surface area contributed by atoms with Crippen LogP contribution in [0.2, 0.25) is 0 Å². The Labute approximate surface area is 102 Å². The molecule has 1 amide bonds. The van der Waals surface area contributed by atoms with Crippen LogP contribution in [-0.4, -0.2) is 29.5 Å². The summed E-state index contributed by atoms with van der Waals surface area (Å²) in [6.07, 6.45) is 6.33. The fourth-order valence-corrected chi connectivity index (χ4v) is 3.79. The van der Waals surface area contributed by atoms with E-state index < -0.39 is 0 Å². The van der Waals surface area contributed by atoms with E-state index in [0.29, 0.717) is 18.4 Å². The van der Waals surface area contributed by atoms with Crippen LogP contribution < -0.4 is 11.1 Å². The first-order valence-corrected chi connectivity index (χ1v) is 7.54. The number of thioether (sulfide) groups is 1. The van der Waals surface area contributed by atoms with E-state index in [1.165, 1.54) is 17.9 Å². The molecule has 1 heterocycles. The Bertz CT molecular complexity index is 241. The minimum absolute atomic E-state index is 0.222. The van der Waals surface area contributed by atoms with E-state index in [1.54, 1.807) is 0 Å². The summed E-state index contributed by atoms with van der Waals surface area (Å²) in [5.74, 6) is 3.03. The van der Waals surface area contributed by atoms with E-state index in [0.717, 1.165) is 25.7 Å². The first kappa shape index (κ1) is 12.2. The van der Waals surface area contributed by atoms with Crippen molar-refractivity contribution >= 4 is 17.7 Å². The molecule has 1 saturated heterocycles. The predicted octanol–water partition coefficient (Wildman–Crippen LogP) is 1.52. The summed E-state index contributed by atoms with van der Waals surface area (Å²) in [6.45, 7) is 0. The molecule has 0 aromatic heterocycles. The third kappa shape index (κ3) is 3.39. The Morgan fingerprint density at radius 2 is 2.00 bits per heavy atom. The zero-order valence-corrected chi connectivity index (χ0v) is 10.6. The Balaban J connectivity index is 1.70. The monoisotopic (exact) mass is 242 g/mol. The zero-order valence-electron chi connectivity index (χ0n) is 9.78. The molecule has 2 atom stereocenters. The average Bonchev–Trinajstić information content (AvgIpc) is 2.66. The van der Waals surface area contributed by atoms with Crippen LogP contribution in [0.25, 0.3) is 0 Å². The van der Waals surface area contributed by atoms with Crippen LogP contribution >= 0.6 is 11.8 Å². The highest BCUT2D eigenvalue weighted by molar-refractivity contribution is 7.99. The van der Waals surface area contributed by atoms with Gasteiger partial charge in [0.15, 0.2) is 0 Å². The van der Waals surface area contributed by atoms with Gasteiger partial charge in [0.2, 0.25) is 5.91 Å². The van der Waals surface area contributed by atoms with Crippen LogP contribution in [0.3, 0.4) is 0 Å². The fourth-order valence-electron chi connectivity index (χ4n) is 2.69. The first-order valence-electron chi connectivity index (χ1n) is 6.38. The predicted molar refractivity (Wildman–Crippen MR) is 68.4 cm³/mol. The molecule has 0 aromatic carbocycles. The van der Waals surface area contributed by atoms with Gasteiger partial charge in [-0.2, -0.15) is 11.8 Å². The van der Waals surface area contributed by atoms with Crippen LogP contribution in [0.1, 0.15) is 38.5 Å². The molecule has 0 unspecified atom stereocenters. The van der Waals surface area contributed by atoms with Crippen molar-refractivity contribution < 1.29 is 4.79 Å². The minimum atomic E-state index is 0.222. The van der Waals surface area contributed by atoms with Crippen molar-refractivity contribution in [3.05, 3.63) is 0 Å². The molecular formula is C12H22N2OS. The fraction of sp³-hybridized carbons (Fsp3) is 0.917. The van der Waals surface area contributed by atoms with Gasteiger partial charge in [0.05, 0.1) is 0 Å². The molecule has 92 valence electrons. The van der Waals surface area contributed by atoms with Gasteiger partial charge in [0.25, 0.3) is 0 Å². The maximum absolute atomic E-state index is 11.8. The number of nitrogens with two attached hydrogens (primary N) is 1. The molecule has 2 fully saturated rings. The largest absolute Gasteiger partial charge is 0.353 e. The van der Waals surface area contributed by atoms with Gasteiger partial charge in [0, 0.05) is 18.5 Å². The van der Waals surface area contributed by atoms with Crippen molar-refractivity contribution in [1.82, 2.24) is 5.32 Å². The molecule has 1 saturated carbocycles. The maximum Gasteiger partial charge on any atom is 0.220 e. The third-order valence-corrected chi connectivity index (χ3v) is 4.80. The second-order valence-corrected chi connectivity index (χ2v) is 6.24. The molecule has 0 aromatic rings. The van der Waals surface area contributed by atoms with Crippen molar-refractivity contribution in [3.8, 4) is 0 Å². The second-order valence-electron chi connectivity index (χ2n) is 5.01. The summed E-state index contributed by atoms with van der Waals surface area (Å²) in [5, 5.41) is 3.16. The third-order valence-electron chi connectivity index (χ3n) is 3.75. The number of amides is 1. The lowest BCUT2D eigenvalue weighted by Crippen LogP contribution is -2.39. The smallest absolute Gasteiger partial charge is 0.220 e. The molecule has 3 nitrogen and oxygen atoms in total. The number of hydrogen-bond donors (Lipinski definition) is 2. The number of nitrogens with one attached hydrogen (secondary N) is 1. The topological polar surface area (TPSA) is 55.1 Å². The lowest BCUT2D eigenvalue weighted by Gasteiger charge is -2.23. The van der Waals surface area contributed by atoms with Gasteiger partial charge in [-0.15, -0.1) is 0 Å². The normalized spacial score (nSPS) is 31.6. The van der Waals surface area contributed by atoms with Crippen molar-refractivity contribution in [2.45, 2.75) is 50.6 Å². The van der Waals surface area contributed by atoms with E-state index >= 15 is 0 Å². The van der Waals surface area contributed by atoms with Crippen LogP contribution in [-0.2, 0) is 4.79 Å². The SMILES string of the molecule is N[C@@H]1CCC[C@H]1CC(=O)NC1CCSCC1. The summed E-state index contributed by atoms with van der Waals surface area (Å²) in [4.78, 5) is 11.8. The molecule has 1 aliphatic heterocycles.